The first-order valence-electron chi connectivity index (χ1n) is 14.3. The smallest absolute Gasteiger partial charge is 0.361 e. The maximum absolute atomic E-state index is 13.8. The predicted molar refractivity (Wildman–Crippen MR) is 142 cm³/mol. The molecule has 0 spiro atoms. The summed E-state index contributed by atoms with van der Waals surface area (Å²) in [6, 6.07) is 8.85. The van der Waals surface area contributed by atoms with Crippen molar-refractivity contribution in [3.05, 3.63) is 40.3 Å². The van der Waals surface area contributed by atoms with Gasteiger partial charge in [-0.2, -0.15) is 0 Å². The van der Waals surface area contributed by atoms with Crippen molar-refractivity contribution in [2.24, 2.45) is 11.8 Å². The standard InChI is InChI=1S/C29H38N4O5/c30-26(29(37)38-25(35)16-34)27-28(36)33(24-8-4-3-7-23(24)31-27)22-14-19-9-10-20(15-22)32(19)21-12-17-5-1-2-6-18(11-17)13-21/h3-4,7-8,17-22,25,30,34-35H,1-2,5-6,9-16H2. The van der Waals surface area contributed by atoms with E-state index in [1.54, 1.807) is 10.6 Å². The lowest BCUT2D eigenvalue weighted by Gasteiger charge is -2.48. The van der Waals surface area contributed by atoms with Crippen molar-refractivity contribution < 1.29 is 19.7 Å². The van der Waals surface area contributed by atoms with Crippen LogP contribution in [0.2, 0.25) is 0 Å². The summed E-state index contributed by atoms with van der Waals surface area (Å²) in [7, 11) is 0. The molecule has 0 amide bonds. The molecule has 2 aromatic rings. The SMILES string of the molecule is N=C(C(=O)OC(O)CO)c1nc2ccccc2n(C2CC3CCC(C2)N3C2CC3CCCCC(C3)C2)c1=O. The highest BCUT2D eigenvalue weighted by Crippen LogP contribution is 2.47. The van der Waals surface area contributed by atoms with Crippen LogP contribution in [-0.2, 0) is 9.53 Å². The number of benzene rings is 1. The Hall–Kier alpha value is -2.62. The van der Waals surface area contributed by atoms with Gasteiger partial charge in [0.1, 0.15) is 6.61 Å². The van der Waals surface area contributed by atoms with Gasteiger partial charge in [-0.1, -0.05) is 37.8 Å². The second-order valence-corrected chi connectivity index (χ2v) is 11.9. The molecular formula is C29H38N4O5. The first kappa shape index (κ1) is 25.6. The number of carbonyl (C=O) groups is 1. The van der Waals surface area contributed by atoms with Gasteiger partial charge in [0.05, 0.1) is 11.0 Å². The summed E-state index contributed by atoms with van der Waals surface area (Å²) in [4.78, 5) is 33.4. The molecule has 4 fully saturated rings. The van der Waals surface area contributed by atoms with Crippen LogP contribution in [-0.4, -0.2) is 67.4 Å². The quantitative estimate of drug-likeness (QED) is 0.302. The van der Waals surface area contributed by atoms with Crippen LogP contribution in [0.3, 0.4) is 0 Å². The molecule has 204 valence electrons. The summed E-state index contributed by atoms with van der Waals surface area (Å²) in [5.41, 5.74) is -0.240. The van der Waals surface area contributed by atoms with Crippen LogP contribution in [0.1, 0.15) is 82.4 Å². The number of nitrogens with zero attached hydrogens (tertiary/aromatic N) is 3. The van der Waals surface area contributed by atoms with Crippen LogP contribution >= 0.6 is 0 Å². The predicted octanol–water partition coefficient (Wildman–Crippen LogP) is 3.15. The number of aliphatic hydroxyl groups is 2. The van der Waals surface area contributed by atoms with Crippen LogP contribution < -0.4 is 5.56 Å². The zero-order chi connectivity index (χ0) is 26.4. The second kappa shape index (κ2) is 10.5. The number of hydrogen-bond donors (Lipinski definition) is 3. The average molecular weight is 523 g/mol. The van der Waals surface area contributed by atoms with Crippen molar-refractivity contribution >= 4 is 22.7 Å². The van der Waals surface area contributed by atoms with Gasteiger partial charge in [0.25, 0.3) is 5.56 Å². The van der Waals surface area contributed by atoms with Crippen LogP contribution in [0.25, 0.3) is 11.0 Å². The average Bonchev–Trinajstić information content (AvgIpc) is 3.07. The fourth-order valence-corrected chi connectivity index (χ4v) is 8.10. The minimum absolute atomic E-state index is 0.0411. The normalized spacial score (nSPS) is 32.1. The van der Waals surface area contributed by atoms with E-state index < -0.39 is 30.1 Å². The highest BCUT2D eigenvalue weighted by atomic mass is 16.6. The van der Waals surface area contributed by atoms with Gasteiger partial charge >= 0.3 is 5.97 Å². The Balaban J connectivity index is 1.30. The van der Waals surface area contributed by atoms with Gasteiger partial charge in [-0.15, -0.1) is 0 Å². The number of para-hydroxylation sites is 2. The molecule has 4 bridgehead atoms. The summed E-state index contributed by atoms with van der Waals surface area (Å²) < 4.78 is 6.44. The van der Waals surface area contributed by atoms with Crippen LogP contribution in [0.15, 0.2) is 29.1 Å². The van der Waals surface area contributed by atoms with Crippen molar-refractivity contribution in [2.75, 3.05) is 6.61 Å². The van der Waals surface area contributed by atoms with Crippen molar-refractivity contribution in [1.29, 1.82) is 5.41 Å². The van der Waals surface area contributed by atoms with E-state index in [-0.39, 0.29) is 11.7 Å². The number of rotatable bonds is 6. The molecule has 2 aliphatic carbocycles. The molecular weight excluding hydrogens is 484 g/mol. The van der Waals surface area contributed by atoms with Gasteiger partial charge in [-0.3, -0.25) is 15.1 Å². The lowest BCUT2D eigenvalue weighted by molar-refractivity contribution is -0.165. The minimum Gasteiger partial charge on any atom is -0.429 e. The molecule has 2 saturated carbocycles. The van der Waals surface area contributed by atoms with Gasteiger partial charge < -0.3 is 19.5 Å². The lowest BCUT2D eigenvalue weighted by atomic mass is 9.76. The van der Waals surface area contributed by atoms with Crippen LogP contribution in [0.5, 0.6) is 0 Å². The third kappa shape index (κ3) is 4.69. The Morgan fingerprint density at radius 3 is 2.29 bits per heavy atom. The highest BCUT2D eigenvalue weighted by Gasteiger charge is 2.47. The molecule has 0 radical (unpaired) electrons. The molecule has 1 aromatic heterocycles. The molecule has 3 heterocycles. The highest BCUT2D eigenvalue weighted by molar-refractivity contribution is 6.41. The van der Waals surface area contributed by atoms with Crippen LogP contribution in [0.4, 0.5) is 0 Å². The lowest BCUT2D eigenvalue weighted by Crippen LogP contribution is -2.52. The van der Waals surface area contributed by atoms with Gasteiger partial charge in [-0.05, 0) is 68.9 Å². The van der Waals surface area contributed by atoms with Gasteiger partial charge in [0.15, 0.2) is 11.4 Å². The first-order valence-corrected chi connectivity index (χ1v) is 14.3. The fourth-order valence-electron chi connectivity index (χ4n) is 8.10. The molecule has 5 unspecified atom stereocenters. The number of nitrogens with one attached hydrogen (secondary N) is 1. The van der Waals surface area contributed by atoms with Crippen LogP contribution in [0, 0.1) is 17.2 Å². The molecule has 2 saturated heterocycles. The van der Waals surface area contributed by atoms with E-state index in [1.165, 1.54) is 44.9 Å². The monoisotopic (exact) mass is 522 g/mol. The third-order valence-corrected chi connectivity index (χ3v) is 9.54. The van der Waals surface area contributed by atoms with Crippen molar-refractivity contribution in [3.8, 4) is 0 Å². The molecule has 2 aliphatic heterocycles. The Kier molecular flexibility index (Phi) is 7.09. The number of esters is 1. The van der Waals surface area contributed by atoms with Crippen molar-refractivity contribution in [3.63, 3.8) is 0 Å². The van der Waals surface area contributed by atoms with Gasteiger partial charge in [0, 0.05) is 24.2 Å². The van der Waals surface area contributed by atoms with E-state index in [9.17, 15) is 14.7 Å². The first-order chi connectivity index (χ1) is 18.4. The number of aromatic nitrogens is 2. The topological polar surface area (TPSA) is 129 Å². The third-order valence-electron chi connectivity index (χ3n) is 9.54. The number of aliphatic hydroxyl groups excluding tert-OH is 2. The summed E-state index contributed by atoms with van der Waals surface area (Å²) in [5.74, 6) is 0.539. The molecule has 4 aliphatic rings. The molecule has 9 heteroatoms. The summed E-state index contributed by atoms with van der Waals surface area (Å²) >= 11 is 0. The number of piperidine rings is 1. The Labute approximate surface area is 222 Å². The number of fused-ring (bicyclic) bond motifs is 5. The van der Waals surface area contributed by atoms with E-state index in [2.05, 4.69) is 14.6 Å². The van der Waals surface area contributed by atoms with Crippen molar-refractivity contribution in [1.82, 2.24) is 14.5 Å². The van der Waals surface area contributed by atoms with E-state index >= 15 is 0 Å². The van der Waals surface area contributed by atoms with E-state index in [4.69, 9.17) is 10.5 Å². The minimum atomic E-state index is -1.76. The molecule has 3 N–H and O–H groups in total. The Morgan fingerprint density at radius 1 is 0.974 bits per heavy atom. The summed E-state index contributed by atoms with van der Waals surface area (Å²) in [5, 5.41) is 26.8. The zero-order valence-electron chi connectivity index (χ0n) is 21.8. The van der Waals surface area contributed by atoms with E-state index in [0.717, 1.165) is 37.5 Å². The number of carbonyl (C=O) groups excluding carboxylic acids is 1. The second-order valence-electron chi connectivity index (χ2n) is 11.9. The van der Waals surface area contributed by atoms with Crippen molar-refractivity contribution in [2.45, 2.75) is 101 Å². The largest absolute Gasteiger partial charge is 0.429 e. The van der Waals surface area contributed by atoms with E-state index in [0.29, 0.717) is 29.2 Å². The molecule has 38 heavy (non-hydrogen) atoms. The zero-order valence-corrected chi connectivity index (χ0v) is 21.8. The number of hydrogen-bond acceptors (Lipinski definition) is 8. The van der Waals surface area contributed by atoms with E-state index in [1.807, 2.05) is 18.2 Å². The molecule has 5 atom stereocenters. The maximum Gasteiger partial charge on any atom is 0.361 e. The van der Waals surface area contributed by atoms with Gasteiger partial charge in [0.2, 0.25) is 6.29 Å². The number of ether oxygens (including phenoxy) is 1. The maximum atomic E-state index is 13.8. The Bertz CT molecular complexity index is 1250. The summed E-state index contributed by atoms with van der Waals surface area (Å²) in [6.07, 6.45) is 11.8. The molecule has 9 nitrogen and oxygen atoms in total. The summed E-state index contributed by atoms with van der Waals surface area (Å²) in [6.45, 7) is -0.793. The van der Waals surface area contributed by atoms with Gasteiger partial charge in [-0.25, -0.2) is 9.78 Å². The molecule has 6 rings (SSSR count). The molecule has 1 aromatic carbocycles. The fraction of sp³-hybridized carbons (Fsp3) is 0.655. The Morgan fingerprint density at radius 2 is 1.63 bits per heavy atom.